The number of hydrogen-bond acceptors (Lipinski definition) is 2. The van der Waals surface area contributed by atoms with Gasteiger partial charge in [-0.2, -0.15) is 0 Å². The summed E-state index contributed by atoms with van der Waals surface area (Å²) in [6.07, 6.45) is 0. The van der Waals surface area contributed by atoms with Gasteiger partial charge in [0.2, 0.25) is 0 Å². The van der Waals surface area contributed by atoms with Crippen LogP contribution in [-0.4, -0.2) is 17.2 Å². The standard InChI is InChI=1S/CH4BO2.4Y/c1-2(3)4;;;;/h3-4H,1H2;;;;/q-1;;;;. The summed E-state index contributed by atoms with van der Waals surface area (Å²) in [5.74, 6) is 0. The Morgan fingerprint density at radius 1 is 0.875 bits per heavy atom. The van der Waals surface area contributed by atoms with Crippen molar-refractivity contribution >= 4 is 7.12 Å². The van der Waals surface area contributed by atoms with Crippen molar-refractivity contribution in [2.45, 2.75) is 0 Å². The van der Waals surface area contributed by atoms with Crippen molar-refractivity contribution in [1.82, 2.24) is 0 Å². The van der Waals surface area contributed by atoms with Gasteiger partial charge in [-0.15, -0.1) is 0 Å². The number of hydrogen-bond donors (Lipinski definition) is 2. The van der Waals surface area contributed by atoms with Crippen LogP contribution < -0.4 is 0 Å². The van der Waals surface area contributed by atoms with Crippen LogP contribution in [0.1, 0.15) is 0 Å². The molecule has 0 amide bonds. The summed E-state index contributed by atoms with van der Waals surface area (Å²) >= 11 is 0. The van der Waals surface area contributed by atoms with E-state index in [-0.39, 0.29) is 131 Å². The molecule has 0 aliphatic rings. The van der Waals surface area contributed by atoms with Crippen LogP contribution in [0.5, 0.6) is 0 Å². The second kappa shape index (κ2) is 22.5. The first-order chi connectivity index (χ1) is 1.73. The summed E-state index contributed by atoms with van der Waals surface area (Å²) in [5, 5.41) is 15.0. The van der Waals surface area contributed by atoms with E-state index in [0.29, 0.717) is 0 Å². The van der Waals surface area contributed by atoms with Gasteiger partial charge in [0.25, 0.3) is 7.12 Å². The van der Waals surface area contributed by atoms with E-state index in [1.807, 2.05) is 0 Å². The van der Waals surface area contributed by atoms with Gasteiger partial charge in [0.15, 0.2) is 0 Å². The molecule has 8 heavy (non-hydrogen) atoms. The average Bonchev–Trinajstić information content (AvgIpc) is 0.811. The Morgan fingerprint density at radius 2 is 0.875 bits per heavy atom. The summed E-state index contributed by atoms with van der Waals surface area (Å²) in [6, 6.07) is 0. The summed E-state index contributed by atoms with van der Waals surface area (Å²) in [4.78, 5) is 0. The Labute approximate surface area is 151 Å². The molecule has 0 rings (SSSR count). The van der Waals surface area contributed by atoms with Gasteiger partial charge in [0, 0.05) is 131 Å². The van der Waals surface area contributed by atoms with E-state index < -0.39 is 7.12 Å². The van der Waals surface area contributed by atoms with Crippen molar-refractivity contribution in [2.75, 3.05) is 0 Å². The van der Waals surface area contributed by atoms with E-state index in [0.717, 1.165) is 0 Å². The summed E-state index contributed by atoms with van der Waals surface area (Å²) < 4.78 is 0. The molecule has 0 bridgehead atoms. The molecule has 0 saturated heterocycles. The molecule has 2 nitrogen and oxygen atoms in total. The predicted molar refractivity (Wildman–Crippen MR) is 15.5 cm³/mol. The van der Waals surface area contributed by atoms with Gasteiger partial charge in [0.1, 0.15) is 0 Å². The molecule has 7 heteroatoms. The van der Waals surface area contributed by atoms with Gasteiger partial charge in [0.05, 0.1) is 0 Å². The first-order valence-electron chi connectivity index (χ1n) is 0.925. The van der Waals surface area contributed by atoms with Crippen molar-refractivity contribution in [3.63, 3.8) is 0 Å². The van der Waals surface area contributed by atoms with E-state index in [1.165, 1.54) is 0 Å². The van der Waals surface area contributed by atoms with Crippen molar-refractivity contribution in [3.05, 3.63) is 6.82 Å². The minimum atomic E-state index is -1.42. The SMILES string of the molecule is [CH2-]B(O)O.[Y].[Y].[Y].[Y]. The maximum atomic E-state index is 7.50. The van der Waals surface area contributed by atoms with Gasteiger partial charge >= 0.3 is 0 Å². The molecule has 0 heterocycles. The largest absolute Gasteiger partial charge is 0.452 e. The Bertz CT molecular complexity index is 18.8. The van der Waals surface area contributed by atoms with Crippen LogP contribution >= 0.6 is 0 Å². The van der Waals surface area contributed by atoms with Gasteiger partial charge in [-0.25, -0.2) is 0 Å². The Balaban J connectivity index is -0.00000000750. The van der Waals surface area contributed by atoms with Crippen LogP contribution in [0.25, 0.3) is 0 Å². The van der Waals surface area contributed by atoms with Gasteiger partial charge in [-0.1, -0.05) is 0 Å². The van der Waals surface area contributed by atoms with Crippen molar-refractivity contribution in [3.8, 4) is 0 Å². The van der Waals surface area contributed by atoms with E-state index in [4.69, 9.17) is 10.0 Å². The second-order valence-corrected chi connectivity index (χ2v) is 0.481. The fraction of sp³-hybridized carbons (Fsp3) is 0. The third kappa shape index (κ3) is 47.5. The van der Waals surface area contributed by atoms with E-state index in [1.54, 1.807) is 0 Å². The molecule has 0 aliphatic carbocycles. The van der Waals surface area contributed by atoms with E-state index in [9.17, 15) is 0 Å². The number of rotatable bonds is 0. The average molecular weight is 414 g/mol. The molecule has 0 aromatic rings. The van der Waals surface area contributed by atoms with E-state index in [2.05, 4.69) is 6.82 Å². The van der Waals surface area contributed by atoms with Crippen LogP contribution in [0.3, 0.4) is 0 Å². The zero-order chi connectivity index (χ0) is 3.58. The second-order valence-electron chi connectivity index (χ2n) is 0.481. The molecule has 2 N–H and O–H groups in total. The predicted octanol–water partition coefficient (Wildman–Crippen LogP) is -1.18. The minimum absolute atomic E-state index is 0. The molecule has 0 fully saturated rings. The van der Waals surface area contributed by atoms with Crippen LogP contribution in [0, 0.1) is 6.82 Å². The van der Waals surface area contributed by atoms with Gasteiger partial charge in [-0.05, 0) is 0 Å². The zero-order valence-corrected chi connectivity index (χ0v) is 15.8. The van der Waals surface area contributed by atoms with Crippen molar-refractivity contribution < 1.29 is 141 Å². The zero-order valence-electron chi connectivity index (χ0n) is 4.49. The summed E-state index contributed by atoms with van der Waals surface area (Å²) in [7, 11) is -1.42. The van der Waals surface area contributed by atoms with Crippen LogP contribution in [-0.2, 0) is 131 Å². The Kier molecular flexibility index (Phi) is 82.8. The first-order valence-corrected chi connectivity index (χ1v) is 0.925. The molecule has 0 unspecified atom stereocenters. The molecule has 0 saturated carbocycles. The van der Waals surface area contributed by atoms with Gasteiger partial charge in [-0.3, -0.25) is 0 Å². The fourth-order valence-corrected chi connectivity index (χ4v) is 0. The normalized spacial score (nSPS) is 3.38. The minimum Gasteiger partial charge on any atom is -0.452 e. The Hall–Kier alpha value is 4.40. The van der Waals surface area contributed by atoms with Crippen LogP contribution in [0.4, 0.5) is 0 Å². The van der Waals surface area contributed by atoms with Gasteiger partial charge < -0.3 is 16.9 Å². The third-order valence-electron chi connectivity index (χ3n) is 0. The summed E-state index contributed by atoms with van der Waals surface area (Å²) in [6.45, 7) is 2.75. The molecular weight excluding hydrogens is 410 g/mol. The van der Waals surface area contributed by atoms with E-state index >= 15 is 0 Å². The molecule has 0 atom stereocenters. The molecular formula is CH4BO2Y4-. The molecule has 36 valence electrons. The first kappa shape index (κ1) is 29.4. The molecule has 0 spiro atoms. The molecule has 0 aromatic heterocycles. The maximum Gasteiger partial charge on any atom is 0.264 e. The summed E-state index contributed by atoms with van der Waals surface area (Å²) in [5.41, 5.74) is 0. The van der Waals surface area contributed by atoms with Crippen LogP contribution in [0.2, 0.25) is 0 Å². The van der Waals surface area contributed by atoms with Crippen molar-refractivity contribution in [1.29, 1.82) is 0 Å². The third-order valence-corrected chi connectivity index (χ3v) is 0. The molecule has 0 aromatic carbocycles. The molecule has 4 radical (unpaired) electrons. The quantitative estimate of drug-likeness (QED) is 0.387. The van der Waals surface area contributed by atoms with Crippen LogP contribution in [0.15, 0.2) is 0 Å². The topological polar surface area (TPSA) is 40.5 Å². The monoisotopic (exact) mass is 415 g/mol. The smallest absolute Gasteiger partial charge is 0.264 e. The fourth-order valence-electron chi connectivity index (χ4n) is 0. The Morgan fingerprint density at radius 3 is 0.875 bits per heavy atom. The molecule has 0 aliphatic heterocycles. The van der Waals surface area contributed by atoms with Crippen molar-refractivity contribution in [2.24, 2.45) is 0 Å². The maximum absolute atomic E-state index is 7.50.